The molecule has 2 N–H and O–H groups in total. The Morgan fingerprint density at radius 2 is 2.00 bits per heavy atom. The molecule has 8 heteroatoms. The smallest absolute Gasteiger partial charge is 0.311 e. The number of anilines is 1. The number of furan rings is 1. The number of aromatic nitrogens is 3. The molecular weight excluding hydrogens is 360 g/mol. The third-order valence-electron chi connectivity index (χ3n) is 4.85. The zero-order valence-corrected chi connectivity index (χ0v) is 15.4. The molecule has 28 heavy (non-hydrogen) atoms. The van der Waals surface area contributed by atoms with Crippen LogP contribution in [0.1, 0.15) is 40.3 Å². The lowest BCUT2D eigenvalue weighted by Crippen LogP contribution is -2.15. The minimum atomic E-state index is -1.05. The molecule has 0 aliphatic carbocycles. The van der Waals surface area contributed by atoms with E-state index in [-0.39, 0.29) is 17.7 Å². The number of amides is 1. The van der Waals surface area contributed by atoms with Crippen molar-refractivity contribution in [3.8, 4) is 11.4 Å². The maximum atomic E-state index is 12.6. The first-order valence-corrected chi connectivity index (χ1v) is 9.15. The van der Waals surface area contributed by atoms with Crippen LogP contribution in [0.25, 0.3) is 11.4 Å². The Morgan fingerprint density at radius 3 is 2.75 bits per heavy atom. The van der Waals surface area contributed by atoms with Crippen LogP contribution < -0.4 is 5.32 Å². The second-order valence-electron chi connectivity index (χ2n) is 6.87. The number of rotatable bonds is 5. The van der Waals surface area contributed by atoms with Crippen molar-refractivity contribution < 1.29 is 19.1 Å². The van der Waals surface area contributed by atoms with Gasteiger partial charge in [-0.15, -0.1) is 10.2 Å². The van der Waals surface area contributed by atoms with Crippen LogP contribution in [-0.4, -0.2) is 31.7 Å². The summed E-state index contributed by atoms with van der Waals surface area (Å²) in [5, 5.41) is 20.3. The van der Waals surface area contributed by atoms with E-state index in [4.69, 9.17) is 9.52 Å². The topological polar surface area (TPSA) is 110 Å². The van der Waals surface area contributed by atoms with Crippen LogP contribution in [0.5, 0.6) is 0 Å². The number of carboxylic acids is 1. The molecular formula is C20H20N4O4. The summed E-state index contributed by atoms with van der Waals surface area (Å²) >= 11 is 0. The van der Waals surface area contributed by atoms with E-state index in [2.05, 4.69) is 20.1 Å². The number of fused-ring (bicyclic) bond motifs is 1. The molecule has 3 aromatic rings. The zero-order valence-electron chi connectivity index (χ0n) is 15.4. The minimum absolute atomic E-state index is 0.147. The van der Waals surface area contributed by atoms with Gasteiger partial charge in [0.1, 0.15) is 18.0 Å². The van der Waals surface area contributed by atoms with Gasteiger partial charge in [0, 0.05) is 29.8 Å². The van der Waals surface area contributed by atoms with Crippen molar-refractivity contribution in [2.24, 2.45) is 0 Å². The van der Waals surface area contributed by atoms with Crippen LogP contribution in [0.4, 0.5) is 5.69 Å². The van der Waals surface area contributed by atoms with Gasteiger partial charge in [0.25, 0.3) is 5.91 Å². The van der Waals surface area contributed by atoms with Gasteiger partial charge in [-0.2, -0.15) is 0 Å². The Labute approximate surface area is 161 Å². The van der Waals surface area contributed by atoms with Gasteiger partial charge >= 0.3 is 5.97 Å². The van der Waals surface area contributed by atoms with E-state index in [0.29, 0.717) is 11.3 Å². The predicted octanol–water partition coefficient (Wildman–Crippen LogP) is 3.06. The first kappa shape index (κ1) is 18.0. The first-order valence-electron chi connectivity index (χ1n) is 9.15. The molecule has 1 aliphatic heterocycles. The second-order valence-corrected chi connectivity index (χ2v) is 6.87. The third-order valence-corrected chi connectivity index (χ3v) is 4.85. The van der Waals surface area contributed by atoms with Crippen molar-refractivity contribution in [2.75, 3.05) is 5.32 Å². The molecule has 0 saturated heterocycles. The fourth-order valence-electron chi connectivity index (χ4n) is 3.49. The Hall–Kier alpha value is -3.42. The van der Waals surface area contributed by atoms with Gasteiger partial charge in [-0.05, 0) is 44.0 Å². The highest BCUT2D eigenvalue weighted by molar-refractivity contribution is 6.06. The minimum Gasteiger partial charge on any atom is -0.481 e. The zero-order chi connectivity index (χ0) is 19.7. The summed E-state index contributed by atoms with van der Waals surface area (Å²) in [5.41, 5.74) is 2.40. The molecule has 0 bridgehead atoms. The number of hydrogen-bond donors (Lipinski definition) is 2. The average molecular weight is 380 g/mol. The van der Waals surface area contributed by atoms with Crippen LogP contribution >= 0.6 is 0 Å². The summed E-state index contributed by atoms with van der Waals surface area (Å²) in [6.07, 6.45) is 4.26. The quantitative estimate of drug-likeness (QED) is 0.704. The lowest BCUT2D eigenvalue weighted by atomic mass is 10.1. The molecule has 0 fully saturated rings. The largest absolute Gasteiger partial charge is 0.481 e. The van der Waals surface area contributed by atoms with Crippen molar-refractivity contribution in [1.82, 2.24) is 14.8 Å². The number of carbonyl (C=O) groups excluding carboxylic acids is 1. The van der Waals surface area contributed by atoms with Gasteiger partial charge < -0.3 is 19.4 Å². The summed E-state index contributed by atoms with van der Waals surface area (Å²) in [6, 6.07) is 7.37. The van der Waals surface area contributed by atoms with Crippen LogP contribution in [0.3, 0.4) is 0 Å². The Balaban J connectivity index is 1.53. The molecule has 0 radical (unpaired) electrons. The number of hydrogen-bond acceptors (Lipinski definition) is 5. The Kier molecular flexibility index (Phi) is 4.68. The fraction of sp³-hybridized carbons (Fsp3) is 0.300. The molecule has 4 rings (SSSR count). The Bertz CT molecular complexity index is 1030. The van der Waals surface area contributed by atoms with Crippen LogP contribution in [0, 0.1) is 6.92 Å². The molecule has 3 heterocycles. The molecule has 0 unspecified atom stereocenters. The lowest BCUT2D eigenvalue weighted by Gasteiger charge is -2.14. The SMILES string of the molecule is Cc1coc(CC(=O)O)c1C(=O)Nc1ccc(-c2nnc3n2CCCC3)cc1. The highest BCUT2D eigenvalue weighted by atomic mass is 16.4. The van der Waals surface area contributed by atoms with Crippen molar-refractivity contribution in [3.05, 3.63) is 53.2 Å². The monoisotopic (exact) mass is 380 g/mol. The van der Waals surface area contributed by atoms with E-state index >= 15 is 0 Å². The van der Waals surface area contributed by atoms with E-state index in [1.54, 1.807) is 19.1 Å². The summed E-state index contributed by atoms with van der Waals surface area (Å²) in [4.78, 5) is 23.6. The standard InChI is InChI=1S/C20H20N4O4/c1-12-11-28-15(10-17(25)26)18(12)20(27)21-14-7-5-13(6-8-14)19-23-22-16-4-2-3-9-24(16)19/h5-8,11H,2-4,9-10H2,1H3,(H,21,27)(H,25,26). The molecule has 1 aliphatic rings. The van der Waals surface area contributed by atoms with Gasteiger partial charge in [-0.1, -0.05) is 0 Å². The Morgan fingerprint density at radius 1 is 1.21 bits per heavy atom. The van der Waals surface area contributed by atoms with Crippen molar-refractivity contribution in [2.45, 2.75) is 39.2 Å². The maximum absolute atomic E-state index is 12.6. The molecule has 2 aromatic heterocycles. The van der Waals surface area contributed by atoms with Crippen LogP contribution in [0.15, 0.2) is 34.9 Å². The number of nitrogens with zero attached hydrogens (tertiary/aromatic N) is 3. The molecule has 144 valence electrons. The maximum Gasteiger partial charge on any atom is 0.311 e. The van der Waals surface area contributed by atoms with Crippen LogP contribution in [-0.2, 0) is 24.2 Å². The average Bonchev–Trinajstić information content (AvgIpc) is 3.25. The summed E-state index contributed by atoms with van der Waals surface area (Å²) in [5.74, 6) is 0.552. The number of nitrogens with one attached hydrogen (secondary N) is 1. The van der Waals surface area contributed by atoms with E-state index in [1.807, 2.05) is 12.1 Å². The van der Waals surface area contributed by atoms with Gasteiger partial charge in [-0.3, -0.25) is 9.59 Å². The molecule has 0 saturated carbocycles. The normalized spacial score (nSPS) is 13.2. The van der Waals surface area contributed by atoms with E-state index < -0.39 is 11.9 Å². The molecule has 1 amide bonds. The van der Waals surface area contributed by atoms with E-state index in [9.17, 15) is 9.59 Å². The van der Waals surface area contributed by atoms with Gasteiger partial charge in [-0.25, -0.2) is 0 Å². The highest BCUT2D eigenvalue weighted by Gasteiger charge is 2.21. The van der Waals surface area contributed by atoms with Crippen molar-refractivity contribution >= 4 is 17.6 Å². The van der Waals surface area contributed by atoms with Gasteiger partial charge in [0.15, 0.2) is 5.82 Å². The summed E-state index contributed by atoms with van der Waals surface area (Å²) in [6.45, 7) is 2.63. The number of carboxylic acid groups (broad SMARTS) is 1. The van der Waals surface area contributed by atoms with E-state index in [0.717, 1.165) is 43.0 Å². The highest BCUT2D eigenvalue weighted by Crippen LogP contribution is 2.25. The predicted molar refractivity (Wildman–Crippen MR) is 101 cm³/mol. The number of carbonyl (C=O) groups is 2. The van der Waals surface area contributed by atoms with Crippen molar-refractivity contribution in [3.63, 3.8) is 0 Å². The third kappa shape index (κ3) is 3.40. The lowest BCUT2D eigenvalue weighted by molar-refractivity contribution is -0.136. The molecule has 0 spiro atoms. The second kappa shape index (κ2) is 7.30. The number of benzene rings is 1. The van der Waals surface area contributed by atoms with Gasteiger partial charge in [0.2, 0.25) is 0 Å². The summed E-state index contributed by atoms with van der Waals surface area (Å²) < 4.78 is 7.37. The number of aliphatic carboxylic acids is 1. The fourth-order valence-corrected chi connectivity index (χ4v) is 3.49. The van der Waals surface area contributed by atoms with E-state index in [1.165, 1.54) is 6.26 Å². The molecule has 0 atom stereocenters. The van der Waals surface area contributed by atoms with Crippen molar-refractivity contribution in [1.29, 1.82) is 0 Å². The number of aryl methyl sites for hydroxylation is 2. The molecule has 1 aromatic carbocycles. The first-order chi connectivity index (χ1) is 13.5. The summed E-state index contributed by atoms with van der Waals surface area (Å²) in [7, 11) is 0. The van der Waals surface area contributed by atoms with Crippen LogP contribution in [0.2, 0.25) is 0 Å². The van der Waals surface area contributed by atoms with Gasteiger partial charge in [0.05, 0.1) is 11.8 Å². The molecule has 8 nitrogen and oxygen atoms in total.